The van der Waals surface area contributed by atoms with Crippen LogP contribution in [0.4, 0.5) is 0 Å². The molecule has 1 heterocycles. The first-order valence-corrected chi connectivity index (χ1v) is 6.90. The Morgan fingerprint density at radius 2 is 2.06 bits per heavy atom. The van der Waals surface area contributed by atoms with E-state index < -0.39 is 0 Å². The van der Waals surface area contributed by atoms with Crippen molar-refractivity contribution in [3.05, 3.63) is 15.9 Å². The van der Waals surface area contributed by atoms with Crippen molar-refractivity contribution in [1.82, 2.24) is 15.1 Å². The number of aromatic nitrogens is 2. The van der Waals surface area contributed by atoms with Gasteiger partial charge in [-0.15, -0.1) is 0 Å². The van der Waals surface area contributed by atoms with E-state index in [1.165, 1.54) is 31.4 Å². The van der Waals surface area contributed by atoms with Gasteiger partial charge in [-0.2, -0.15) is 5.10 Å². The first-order chi connectivity index (χ1) is 7.68. The summed E-state index contributed by atoms with van der Waals surface area (Å²) in [6.45, 7) is 6.14. The van der Waals surface area contributed by atoms with Crippen molar-refractivity contribution in [3.8, 4) is 0 Å². The van der Waals surface area contributed by atoms with Crippen molar-refractivity contribution in [2.75, 3.05) is 6.54 Å². The smallest absolute Gasteiger partial charge is 0.0738 e. The molecule has 90 valence electrons. The van der Waals surface area contributed by atoms with Crippen molar-refractivity contribution in [2.24, 2.45) is 0 Å². The second kappa shape index (κ2) is 5.32. The second-order valence-corrected chi connectivity index (χ2v) is 5.44. The molecule has 3 nitrogen and oxygen atoms in total. The molecule has 1 fully saturated rings. The lowest BCUT2D eigenvalue weighted by atomic mass is 10.2. The van der Waals surface area contributed by atoms with Gasteiger partial charge in [0, 0.05) is 18.3 Å². The molecule has 4 heteroatoms. The van der Waals surface area contributed by atoms with Gasteiger partial charge in [0.25, 0.3) is 0 Å². The number of halogens is 1. The molecule has 0 unspecified atom stereocenters. The quantitative estimate of drug-likeness (QED) is 0.922. The topological polar surface area (TPSA) is 29.9 Å². The van der Waals surface area contributed by atoms with Gasteiger partial charge in [-0.1, -0.05) is 12.8 Å². The molecule has 16 heavy (non-hydrogen) atoms. The van der Waals surface area contributed by atoms with Gasteiger partial charge in [-0.3, -0.25) is 4.68 Å². The van der Waals surface area contributed by atoms with E-state index in [1.54, 1.807) is 0 Å². The van der Waals surface area contributed by atoms with Gasteiger partial charge in [0.2, 0.25) is 0 Å². The van der Waals surface area contributed by atoms with E-state index in [0.29, 0.717) is 0 Å². The highest BCUT2D eigenvalue weighted by Gasteiger charge is 2.14. The summed E-state index contributed by atoms with van der Waals surface area (Å²) in [5, 5.41) is 8.11. The SMILES string of the molecule is Cc1nn(CCNC2CCCC2)c(C)c1Br. The fraction of sp³-hybridized carbons (Fsp3) is 0.750. The second-order valence-electron chi connectivity index (χ2n) is 4.64. The summed E-state index contributed by atoms with van der Waals surface area (Å²) in [4.78, 5) is 0. The normalized spacial score (nSPS) is 17.2. The molecule has 1 aliphatic carbocycles. The molecular weight excluding hydrogens is 266 g/mol. The summed E-state index contributed by atoms with van der Waals surface area (Å²) >= 11 is 3.55. The van der Waals surface area contributed by atoms with Crippen molar-refractivity contribution in [1.29, 1.82) is 0 Å². The Morgan fingerprint density at radius 1 is 1.38 bits per heavy atom. The van der Waals surface area contributed by atoms with Crippen LogP contribution < -0.4 is 5.32 Å². The van der Waals surface area contributed by atoms with Gasteiger partial charge in [0.1, 0.15) is 0 Å². The van der Waals surface area contributed by atoms with Crippen LogP contribution in [0.5, 0.6) is 0 Å². The lowest BCUT2D eigenvalue weighted by Crippen LogP contribution is -2.29. The Bertz CT molecular complexity index is 353. The van der Waals surface area contributed by atoms with E-state index in [4.69, 9.17) is 0 Å². The molecule has 0 bridgehead atoms. The van der Waals surface area contributed by atoms with E-state index in [-0.39, 0.29) is 0 Å². The van der Waals surface area contributed by atoms with E-state index in [1.807, 2.05) is 6.92 Å². The number of aryl methyl sites for hydroxylation is 1. The summed E-state index contributed by atoms with van der Waals surface area (Å²) in [6, 6.07) is 0.750. The number of nitrogens with zero attached hydrogens (tertiary/aromatic N) is 2. The molecule has 0 aliphatic heterocycles. The fourth-order valence-electron chi connectivity index (χ4n) is 2.40. The Hall–Kier alpha value is -0.350. The lowest BCUT2D eigenvalue weighted by Gasteiger charge is -2.12. The third-order valence-corrected chi connectivity index (χ3v) is 4.55. The molecule has 1 aromatic heterocycles. The molecule has 1 saturated carbocycles. The van der Waals surface area contributed by atoms with E-state index in [0.717, 1.165) is 29.3 Å². The van der Waals surface area contributed by atoms with Gasteiger partial charge in [-0.05, 0) is 42.6 Å². The lowest BCUT2D eigenvalue weighted by molar-refractivity contribution is 0.475. The van der Waals surface area contributed by atoms with Crippen LogP contribution in [0, 0.1) is 13.8 Å². The third kappa shape index (κ3) is 2.66. The average molecular weight is 286 g/mol. The van der Waals surface area contributed by atoms with Crippen molar-refractivity contribution in [2.45, 2.75) is 52.1 Å². The number of nitrogens with one attached hydrogen (secondary N) is 1. The van der Waals surface area contributed by atoms with Crippen LogP contribution in [0.3, 0.4) is 0 Å². The minimum atomic E-state index is 0.750. The van der Waals surface area contributed by atoms with Crippen molar-refractivity contribution in [3.63, 3.8) is 0 Å². The summed E-state index contributed by atoms with van der Waals surface area (Å²) < 4.78 is 3.23. The van der Waals surface area contributed by atoms with Crippen molar-refractivity contribution >= 4 is 15.9 Å². The van der Waals surface area contributed by atoms with Crippen LogP contribution in [-0.2, 0) is 6.54 Å². The molecule has 0 saturated heterocycles. The van der Waals surface area contributed by atoms with Crippen LogP contribution >= 0.6 is 15.9 Å². The van der Waals surface area contributed by atoms with Crippen LogP contribution in [0.1, 0.15) is 37.1 Å². The highest BCUT2D eigenvalue weighted by Crippen LogP contribution is 2.20. The average Bonchev–Trinajstić information content (AvgIpc) is 2.85. The summed E-state index contributed by atoms with van der Waals surface area (Å²) in [6.07, 6.45) is 5.48. The zero-order valence-corrected chi connectivity index (χ0v) is 11.7. The Kier molecular flexibility index (Phi) is 4.03. The summed E-state index contributed by atoms with van der Waals surface area (Å²) in [7, 11) is 0. The van der Waals surface area contributed by atoms with Gasteiger partial charge < -0.3 is 5.32 Å². The molecule has 0 spiro atoms. The van der Waals surface area contributed by atoms with Gasteiger partial charge >= 0.3 is 0 Å². The predicted molar refractivity (Wildman–Crippen MR) is 69.7 cm³/mol. The molecular formula is C12H20BrN3. The van der Waals surface area contributed by atoms with Gasteiger partial charge in [0.05, 0.1) is 16.7 Å². The molecule has 1 aromatic rings. The van der Waals surface area contributed by atoms with E-state index in [9.17, 15) is 0 Å². The molecule has 0 atom stereocenters. The maximum Gasteiger partial charge on any atom is 0.0738 e. The number of hydrogen-bond acceptors (Lipinski definition) is 2. The molecule has 0 radical (unpaired) electrons. The maximum absolute atomic E-state index is 4.50. The highest BCUT2D eigenvalue weighted by molar-refractivity contribution is 9.10. The summed E-state index contributed by atoms with van der Waals surface area (Å²) in [5.41, 5.74) is 2.31. The van der Waals surface area contributed by atoms with Crippen molar-refractivity contribution < 1.29 is 0 Å². The van der Waals surface area contributed by atoms with Crippen LogP contribution in [0.25, 0.3) is 0 Å². The van der Waals surface area contributed by atoms with Gasteiger partial charge in [0.15, 0.2) is 0 Å². The molecule has 0 amide bonds. The third-order valence-electron chi connectivity index (χ3n) is 3.40. The first-order valence-electron chi connectivity index (χ1n) is 6.11. The number of hydrogen-bond donors (Lipinski definition) is 1. The Balaban J connectivity index is 1.82. The standard InChI is InChI=1S/C12H20BrN3/c1-9-12(13)10(2)16(15-9)8-7-14-11-5-3-4-6-11/h11,14H,3-8H2,1-2H3. The zero-order valence-electron chi connectivity index (χ0n) is 10.1. The first kappa shape index (κ1) is 12.1. The summed E-state index contributed by atoms with van der Waals surface area (Å²) in [5.74, 6) is 0. The fourth-order valence-corrected chi connectivity index (χ4v) is 2.68. The minimum Gasteiger partial charge on any atom is -0.312 e. The molecule has 2 rings (SSSR count). The van der Waals surface area contributed by atoms with Crippen LogP contribution in [0.2, 0.25) is 0 Å². The zero-order chi connectivity index (χ0) is 11.5. The van der Waals surface area contributed by atoms with E-state index >= 15 is 0 Å². The molecule has 1 N–H and O–H groups in total. The predicted octanol–water partition coefficient (Wildman–Crippen LogP) is 2.79. The highest BCUT2D eigenvalue weighted by atomic mass is 79.9. The Morgan fingerprint density at radius 3 is 2.62 bits per heavy atom. The van der Waals surface area contributed by atoms with Crippen LogP contribution in [-0.4, -0.2) is 22.4 Å². The van der Waals surface area contributed by atoms with Gasteiger partial charge in [-0.25, -0.2) is 0 Å². The largest absolute Gasteiger partial charge is 0.312 e. The maximum atomic E-state index is 4.50. The monoisotopic (exact) mass is 285 g/mol. The molecule has 1 aliphatic rings. The minimum absolute atomic E-state index is 0.750. The van der Waals surface area contributed by atoms with E-state index in [2.05, 4.69) is 38.0 Å². The Labute approximate surface area is 106 Å². The molecule has 0 aromatic carbocycles. The number of rotatable bonds is 4. The van der Waals surface area contributed by atoms with Crippen LogP contribution in [0.15, 0.2) is 4.47 Å².